The molecule has 0 aliphatic rings. The van der Waals surface area contributed by atoms with E-state index >= 15 is 0 Å². The zero-order valence-electron chi connectivity index (χ0n) is 35.1. The summed E-state index contributed by atoms with van der Waals surface area (Å²) >= 11 is 0. The van der Waals surface area contributed by atoms with Gasteiger partial charge >= 0.3 is 17.9 Å². The lowest BCUT2D eigenvalue weighted by atomic mass is 10.0. The number of unbranched alkanes of at least 4 members (excludes halogenated alkanes) is 31. The summed E-state index contributed by atoms with van der Waals surface area (Å²) in [5.74, 6) is -0.861. The number of rotatable bonds is 42. The first-order valence-corrected chi connectivity index (χ1v) is 23.0. The molecule has 0 aromatic rings. The first-order chi connectivity index (χ1) is 25.5. The molecule has 0 spiro atoms. The molecule has 1 unspecified atom stereocenters. The summed E-state index contributed by atoms with van der Waals surface area (Å²) in [6.07, 6.45) is 42.5. The third-order valence-corrected chi connectivity index (χ3v) is 10.4. The molecule has 0 N–H and O–H groups in total. The van der Waals surface area contributed by atoms with Crippen LogP contribution in [0.5, 0.6) is 0 Å². The van der Waals surface area contributed by atoms with Crippen molar-refractivity contribution >= 4 is 17.9 Å². The molecule has 0 saturated carbocycles. The molecule has 308 valence electrons. The van der Waals surface area contributed by atoms with Crippen molar-refractivity contribution in [2.45, 2.75) is 264 Å². The number of hydrogen-bond donors (Lipinski definition) is 0. The quantitative estimate of drug-likeness (QED) is 0.0353. The number of esters is 3. The summed E-state index contributed by atoms with van der Waals surface area (Å²) < 4.78 is 16.6. The molecule has 0 amide bonds. The minimum atomic E-state index is -0.756. The van der Waals surface area contributed by atoms with Crippen LogP contribution in [0.15, 0.2) is 0 Å². The molecule has 0 aromatic carbocycles. The third kappa shape index (κ3) is 39.6. The van der Waals surface area contributed by atoms with E-state index in [4.69, 9.17) is 14.2 Å². The highest BCUT2D eigenvalue weighted by Gasteiger charge is 2.19. The minimum Gasteiger partial charge on any atom is -0.462 e. The van der Waals surface area contributed by atoms with E-state index < -0.39 is 6.10 Å². The second-order valence-corrected chi connectivity index (χ2v) is 15.7. The van der Waals surface area contributed by atoms with Gasteiger partial charge in [0.15, 0.2) is 6.10 Å². The van der Waals surface area contributed by atoms with Gasteiger partial charge in [0.1, 0.15) is 13.2 Å². The average molecular weight is 737 g/mol. The van der Waals surface area contributed by atoms with Gasteiger partial charge in [0.25, 0.3) is 0 Å². The highest BCUT2D eigenvalue weighted by Crippen LogP contribution is 2.16. The fraction of sp³-hybridized carbons (Fsp3) is 0.935. The van der Waals surface area contributed by atoms with Gasteiger partial charge in [-0.1, -0.05) is 220 Å². The predicted octanol–water partition coefficient (Wildman–Crippen LogP) is 14.5. The second-order valence-electron chi connectivity index (χ2n) is 15.7. The Bertz CT molecular complexity index is 768. The van der Waals surface area contributed by atoms with Crippen molar-refractivity contribution in [2.24, 2.45) is 0 Å². The smallest absolute Gasteiger partial charge is 0.306 e. The standard InChI is InChI=1S/C46H88O6/c1-4-7-10-13-16-18-19-20-21-22-23-24-25-26-28-30-33-36-39-45(48)51-42-43(41-50-44(47)38-35-32-29-15-12-9-6-3)52-46(49)40-37-34-31-27-17-14-11-8-5-2/h43H,4-42H2,1-3H3. The first-order valence-electron chi connectivity index (χ1n) is 23.0. The molecule has 0 rings (SSSR count). The number of ether oxygens (including phenoxy) is 3. The summed E-state index contributed by atoms with van der Waals surface area (Å²) in [5, 5.41) is 0. The van der Waals surface area contributed by atoms with Crippen LogP contribution < -0.4 is 0 Å². The van der Waals surface area contributed by atoms with Crippen LogP contribution in [0.25, 0.3) is 0 Å². The monoisotopic (exact) mass is 737 g/mol. The summed E-state index contributed by atoms with van der Waals surface area (Å²) in [5.41, 5.74) is 0. The lowest BCUT2D eigenvalue weighted by molar-refractivity contribution is -0.167. The second kappa shape index (κ2) is 42.2. The summed E-state index contributed by atoms with van der Waals surface area (Å²) in [6, 6.07) is 0. The molecule has 0 aliphatic carbocycles. The van der Waals surface area contributed by atoms with E-state index in [0.29, 0.717) is 19.3 Å². The van der Waals surface area contributed by atoms with E-state index in [0.717, 1.165) is 57.8 Å². The van der Waals surface area contributed by atoms with Gasteiger partial charge in [-0.25, -0.2) is 0 Å². The molecule has 0 radical (unpaired) electrons. The lowest BCUT2D eigenvalue weighted by Gasteiger charge is -2.18. The van der Waals surface area contributed by atoms with E-state index in [-0.39, 0.29) is 31.1 Å². The Balaban J connectivity index is 4.15. The molecule has 0 fully saturated rings. The van der Waals surface area contributed by atoms with Gasteiger partial charge in [0.05, 0.1) is 0 Å². The van der Waals surface area contributed by atoms with Gasteiger partial charge in [0.2, 0.25) is 0 Å². The highest BCUT2D eigenvalue weighted by molar-refractivity contribution is 5.71. The minimum absolute atomic E-state index is 0.0634. The predicted molar refractivity (Wildman–Crippen MR) is 220 cm³/mol. The van der Waals surface area contributed by atoms with Crippen molar-refractivity contribution in [3.63, 3.8) is 0 Å². The van der Waals surface area contributed by atoms with Crippen molar-refractivity contribution in [1.29, 1.82) is 0 Å². The molecule has 1 atom stereocenters. The molecule has 6 heteroatoms. The summed E-state index contributed by atoms with van der Waals surface area (Å²) in [4.78, 5) is 37.5. The zero-order valence-corrected chi connectivity index (χ0v) is 35.1. The van der Waals surface area contributed by atoms with E-state index in [9.17, 15) is 14.4 Å². The van der Waals surface area contributed by atoms with Crippen LogP contribution in [0.3, 0.4) is 0 Å². The topological polar surface area (TPSA) is 78.9 Å². The van der Waals surface area contributed by atoms with Gasteiger partial charge in [-0.2, -0.15) is 0 Å². The Morgan fingerprint density at radius 2 is 0.519 bits per heavy atom. The Morgan fingerprint density at radius 1 is 0.308 bits per heavy atom. The first kappa shape index (κ1) is 50.4. The Morgan fingerprint density at radius 3 is 0.769 bits per heavy atom. The Labute approximate surface area is 323 Å². The number of hydrogen-bond acceptors (Lipinski definition) is 6. The highest BCUT2D eigenvalue weighted by atomic mass is 16.6. The summed E-state index contributed by atoms with van der Waals surface area (Å²) in [6.45, 7) is 6.60. The zero-order chi connectivity index (χ0) is 38.0. The van der Waals surface area contributed by atoms with Gasteiger partial charge < -0.3 is 14.2 Å². The van der Waals surface area contributed by atoms with Gasteiger partial charge in [-0.3, -0.25) is 14.4 Å². The fourth-order valence-electron chi connectivity index (χ4n) is 6.85. The molecule has 0 aliphatic heterocycles. The molecule has 6 nitrogen and oxygen atoms in total. The average Bonchev–Trinajstić information content (AvgIpc) is 3.14. The van der Waals surface area contributed by atoms with Crippen molar-refractivity contribution in [3.05, 3.63) is 0 Å². The third-order valence-electron chi connectivity index (χ3n) is 10.4. The molecule has 0 heterocycles. The van der Waals surface area contributed by atoms with Gasteiger partial charge in [-0.15, -0.1) is 0 Å². The summed E-state index contributed by atoms with van der Waals surface area (Å²) in [7, 11) is 0. The fourth-order valence-corrected chi connectivity index (χ4v) is 6.85. The van der Waals surface area contributed by atoms with Crippen LogP contribution in [0.1, 0.15) is 258 Å². The van der Waals surface area contributed by atoms with Crippen molar-refractivity contribution in [3.8, 4) is 0 Å². The maximum Gasteiger partial charge on any atom is 0.306 e. The SMILES string of the molecule is CCCCCCCCCCCCCCCCCCCCC(=O)OCC(COC(=O)CCCCCCCCC)OC(=O)CCCCCCCCCCC. The normalized spacial score (nSPS) is 11.8. The van der Waals surface area contributed by atoms with Crippen molar-refractivity contribution in [1.82, 2.24) is 0 Å². The maximum atomic E-state index is 12.6. The van der Waals surface area contributed by atoms with Crippen molar-refractivity contribution in [2.75, 3.05) is 13.2 Å². The van der Waals surface area contributed by atoms with E-state index in [1.807, 2.05) is 0 Å². The van der Waals surface area contributed by atoms with Crippen LogP contribution in [0.2, 0.25) is 0 Å². The van der Waals surface area contributed by atoms with Crippen LogP contribution in [0.4, 0.5) is 0 Å². The Hall–Kier alpha value is -1.59. The Kier molecular flexibility index (Phi) is 40.9. The molecule has 0 bridgehead atoms. The van der Waals surface area contributed by atoms with Crippen LogP contribution in [-0.2, 0) is 28.6 Å². The van der Waals surface area contributed by atoms with E-state index in [2.05, 4.69) is 20.8 Å². The number of carbonyl (C=O) groups is 3. The molecular weight excluding hydrogens is 648 g/mol. The number of carbonyl (C=O) groups excluding carboxylic acids is 3. The molecule has 0 saturated heterocycles. The van der Waals surface area contributed by atoms with E-state index in [1.165, 1.54) is 161 Å². The largest absolute Gasteiger partial charge is 0.462 e. The maximum absolute atomic E-state index is 12.6. The van der Waals surface area contributed by atoms with E-state index in [1.54, 1.807) is 0 Å². The van der Waals surface area contributed by atoms with Crippen LogP contribution in [-0.4, -0.2) is 37.2 Å². The van der Waals surface area contributed by atoms with Crippen molar-refractivity contribution < 1.29 is 28.6 Å². The lowest BCUT2D eigenvalue weighted by Crippen LogP contribution is -2.30. The van der Waals surface area contributed by atoms with Gasteiger partial charge in [0, 0.05) is 19.3 Å². The van der Waals surface area contributed by atoms with Crippen LogP contribution >= 0.6 is 0 Å². The molecule has 52 heavy (non-hydrogen) atoms. The van der Waals surface area contributed by atoms with Gasteiger partial charge in [-0.05, 0) is 19.3 Å². The molecular formula is C46H88O6. The van der Waals surface area contributed by atoms with Crippen LogP contribution in [0, 0.1) is 0 Å². The molecule has 0 aromatic heterocycles.